The first-order valence-corrected chi connectivity index (χ1v) is 6.37. The van der Waals surface area contributed by atoms with E-state index in [1.165, 1.54) is 31.0 Å². The van der Waals surface area contributed by atoms with E-state index in [1.807, 2.05) is 0 Å². The molecule has 0 aliphatic heterocycles. The van der Waals surface area contributed by atoms with Crippen LogP contribution < -0.4 is 4.74 Å². The molecule has 0 saturated heterocycles. The van der Waals surface area contributed by atoms with E-state index >= 15 is 0 Å². The Bertz CT molecular complexity index is 594. The van der Waals surface area contributed by atoms with Gasteiger partial charge in [-0.2, -0.15) is 0 Å². The van der Waals surface area contributed by atoms with Crippen molar-refractivity contribution in [3.63, 3.8) is 0 Å². The Kier molecular flexibility index (Phi) is 4.11. The second-order valence-electron chi connectivity index (χ2n) is 3.67. The lowest BCUT2D eigenvalue weighted by Gasteiger charge is -2.04. The molecule has 0 radical (unpaired) electrons. The van der Waals surface area contributed by atoms with E-state index in [2.05, 4.69) is 0 Å². The number of carboxylic acids is 1. The molecule has 1 aromatic carbocycles. The van der Waals surface area contributed by atoms with Crippen molar-refractivity contribution < 1.29 is 23.4 Å². The molecule has 0 aliphatic rings. The van der Waals surface area contributed by atoms with Gasteiger partial charge in [-0.15, -0.1) is 0 Å². The summed E-state index contributed by atoms with van der Waals surface area (Å²) in [5.41, 5.74) is 0.499. The molecule has 0 saturated carbocycles. The smallest absolute Gasteiger partial charge is 0.371 e. The Balaban J connectivity index is 2.03. The topological polar surface area (TPSA) is 59.7 Å². The van der Waals surface area contributed by atoms with Gasteiger partial charge in [-0.25, -0.2) is 9.18 Å². The Hall–Kier alpha value is -1.95. The zero-order valence-electron chi connectivity index (χ0n) is 10.1. The maximum absolute atomic E-state index is 13.7. The molecule has 1 N–H and O–H groups in total. The van der Waals surface area contributed by atoms with Crippen LogP contribution in [-0.2, 0) is 5.75 Å². The number of benzene rings is 1. The second kappa shape index (κ2) is 5.79. The highest BCUT2D eigenvalue weighted by Gasteiger charge is 2.10. The molecule has 6 heteroatoms. The summed E-state index contributed by atoms with van der Waals surface area (Å²) >= 11 is 1.23. The number of rotatable bonds is 5. The van der Waals surface area contributed by atoms with Gasteiger partial charge in [0.1, 0.15) is 11.6 Å². The van der Waals surface area contributed by atoms with Gasteiger partial charge < -0.3 is 14.3 Å². The first-order valence-electron chi connectivity index (χ1n) is 5.38. The molecule has 2 rings (SSSR count). The summed E-state index contributed by atoms with van der Waals surface area (Å²) in [7, 11) is 1.47. The van der Waals surface area contributed by atoms with Gasteiger partial charge in [0.15, 0.2) is 5.09 Å². The second-order valence-corrected chi connectivity index (χ2v) is 4.65. The summed E-state index contributed by atoms with van der Waals surface area (Å²) in [4.78, 5) is 10.6. The molecule has 4 nitrogen and oxygen atoms in total. The van der Waals surface area contributed by atoms with Gasteiger partial charge in [0.05, 0.1) is 7.11 Å². The van der Waals surface area contributed by atoms with E-state index in [0.29, 0.717) is 22.2 Å². The minimum Gasteiger partial charge on any atom is -0.497 e. The van der Waals surface area contributed by atoms with Crippen molar-refractivity contribution in [2.75, 3.05) is 7.11 Å². The van der Waals surface area contributed by atoms with Crippen molar-refractivity contribution in [2.45, 2.75) is 10.8 Å². The molecule has 100 valence electrons. The van der Waals surface area contributed by atoms with Gasteiger partial charge in [-0.3, -0.25) is 0 Å². The van der Waals surface area contributed by atoms with Crippen LogP contribution in [0.5, 0.6) is 5.75 Å². The van der Waals surface area contributed by atoms with Crippen LogP contribution in [0, 0.1) is 5.82 Å². The lowest BCUT2D eigenvalue weighted by atomic mass is 10.2. The van der Waals surface area contributed by atoms with Gasteiger partial charge in [-0.1, -0.05) is 17.8 Å². The normalized spacial score (nSPS) is 10.4. The van der Waals surface area contributed by atoms with Crippen LogP contribution in [0.1, 0.15) is 16.1 Å². The Morgan fingerprint density at radius 1 is 1.42 bits per heavy atom. The number of thioether (sulfide) groups is 1. The highest BCUT2D eigenvalue weighted by Crippen LogP contribution is 2.27. The average Bonchev–Trinajstić information content (AvgIpc) is 2.86. The maximum atomic E-state index is 13.7. The third kappa shape index (κ3) is 3.29. The fraction of sp³-hybridized carbons (Fsp3) is 0.154. The molecule has 2 aromatic rings. The third-order valence-corrected chi connectivity index (χ3v) is 3.38. The highest BCUT2D eigenvalue weighted by atomic mass is 32.2. The quantitative estimate of drug-likeness (QED) is 0.851. The van der Waals surface area contributed by atoms with Gasteiger partial charge >= 0.3 is 5.97 Å². The highest BCUT2D eigenvalue weighted by molar-refractivity contribution is 7.98. The summed E-state index contributed by atoms with van der Waals surface area (Å²) in [5, 5.41) is 9.15. The van der Waals surface area contributed by atoms with Crippen molar-refractivity contribution in [3.05, 3.63) is 47.5 Å². The number of methoxy groups -OCH3 is 1. The number of aromatic carboxylic acids is 1. The van der Waals surface area contributed by atoms with E-state index in [0.717, 1.165) is 0 Å². The first-order chi connectivity index (χ1) is 9.10. The van der Waals surface area contributed by atoms with E-state index in [4.69, 9.17) is 14.3 Å². The largest absolute Gasteiger partial charge is 0.497 e. The number of carboxylic acid groups (broad SMARTS) is 1. The van der Waals surface area contributed by atoms with Gasteiger partial charge in [0.2, 0.25) is 5.76 Å². The minimum atomic E-state index is -1.12. The lowest BCUT2D eigenvalue weighted by Crippen LogP contribution is -1.91. The monoisotopic (exact) mass is 282 g/mol. The van der Waals surface area contributed by atoms with E-state index < -0.39 is 5.97 Å². The molecule has 0 amide bonds. The molecule has 0 atom stereocenters. The predicted molar refractivity (Wildman–Crippen MR) is 68.2 cm³/mol. The number of hydrogen-bond donors (Lipinski definition) is 1. The zero-order valence-corrected chi connectivity index (χ0v) is 10.9. The molecule has 1 heterocycles. The number of hydrogen-bond acceptors (Lipinski definition) is 4. The summed E-state index contributed by atoms with van der Waals surface area (Å²) in [5.74, 6) is -0.808. The van der Waals surface area contributed by atoms with Gasteiger partial charge in [-0.05, 0) is 23.8 Å². The molecule has 0 aliphatic carbocycles. The summed E-state index contributed by atoms with van der Waals surface area (Å²) in [6.07, 6.45) is 0. The Labute approximate surface area is 113 Å². The zero-order chi connectivity index (χ0) is 13.8. The van der Waals surface area contributed by atoms with E-state index in [9.17, 15) is 9.18 Å². The first kappa shape index (κ1) is 13.5. The van der Waals surface area contributed by atoms with Crippen molar-refractivity contribution in [3.8, 4) is 5.75 Å². The van der Waals surface area contributed by atoms with Crippen LogP contribution in [-0.4, -0.2) is 18.2 Å². The molecular weight excluding hydrogens is 271 g/mol. The van der Waals surface area contributed by atoms with Crippen LogP contribution in [0.15, 0.2) is 39.8 Å². The summed E-state index contributed by atoms with van der Waals surface area (Å²) < 4.78 is 23.6. The van der Waals surface area contributed by atoms with Crippen molar-refractivity contribution in [1.82, 2.24) is 0 Å². The number of carbonyl (C=O) groups is 1. The molecule has 0 spiro atoms. The molecule has 0 bridgehead atoms. The van der Waals surface area contributed by atoms with Crippen molar-refractivity contribution in [1.29, 1.82) is 0 Å². The Morgan fingerprint density at radius 3 is 2.79 bits per heavy atom. The predicted octanol–water partition coefficient (Wildman–Crippen LogP) is 3.42. The molecular formula is C13H11FO4S. The Morgan fingerprint density at radius 2 is 2.21 bits per heavy atom. The third-order valence-electron chi connectivity index (χ3n) is 2.42. The molecule has 1 aromatic heterocycles. The number of halogens is 1. The number of furan rings is 1. The van der Waals surface area contributed by atoms with Crippen LogP contribution in [0.4, 0.5) is 4.39 Å². The fourth-order valence-electron chi connectivity index (χ4n) is 1.43. The molecule has 19 heavy (non-hydrogen) atoms. The molecule has 0 fully saturated rings. The lowest BCUT2D eigenvalue weighted by molar-refractivity contribution is 0.0656. The SMILES string of the molecule is COc1ccc(CSc2ccc(C(=O)O)o2)c(F)c1. The average molecular weight is 282 g/mol. The van der Waals surface area contributed by atoms with Gasteiger partial charge in [0.25, 0.3) is 0 Å². The van der Waals surface area contributed by atoms with Crippen LogP contribution in [0.25, 0.3) is 0 Å². The number of ether oxygens (including phenoxy) is 1. The van der Waals surface area contributed by atoms with Crippen molar-refractivity contribution >= 4 is 17.7 Å². The standard InChI is InChI=1S/C13H11FO4S/c1-17-9-3-2-8(10(14)6-9)7-19-12-5-4-11(18-12)13(15)16/h2-6H,7H2,1H3,(H,15,16). The van der Waals surface area contributed by atoms with Crippen LogP contribution >= 0.6 is 11.8 Å². The minimum absolute atomic E-state index is 0.127. The van der Waals surface area contributed by atoms with Crippen LogP contribution in [0.2, 0.25) is 0 Å². The van der Waals surface area contributed by atoms with Crippen molar-refractivity contribution in [2.24, 2.45) is 0 Å². The van der Waals surface area contributed by atoms with E-state index in [1.54, 1.807) is 18.2 Å². The van der Waals surface area contributed by atoms with E-state index in [-0.39, 0.29) is 11.6 Å². The maximum Gasteiger partial charge on any atom is 0.371 e. The van der Waals surface area contributed by atoms with Gasteiger partial charge in [0, 0.05) is 11.8 Å². The molecule has 0 unspecified atom stereocenters. The fourth-order valence-corrected chi connectivity index (χ4v) is 2.28. The summed E-state index contributed by atoms with van der Waals surface area (Å²) in [6.45, 7) is 0. The summed E-state index contributed by atoms with van der Waals surface area (Å²) in [6, 6.07) is 7.53. The van der Waals surface area contributed by atoms with Crippen LogP contribution in [0.3, 0.4) is 0 Å².